The number of aliphatic hydroxyl groups excluding tert-OH is 1. The van der Waals surface area contributed by atoms with Crippen LogP contribution in [0.4, 0.5) is 0 Å². The highest BCUT2D eigenvalue weighted by Crippen LogP contribution is 2.25. The van der Waals surface area contributed by atoms with Crippen molar-refractivity contribution in [2.45, 2.75) is 19.4 Å². The average molecular weight is 280 g/mol. The number of hydrogen-bond donors (Lipinski definition) is 1. The van der Waals surface area contributed by atoms with Crippen molar-refractivity contribution in [3.8, 4) is 10.6 Å². The van der Waals surface area contributed by atoms with E-state index in [1.54, 1.807) is 20.0 Å². The summed E-state index contributed by atoms with van der Waals surface area (Å²) in [5.74, 6) is 0.398. The van der Waals surface area contributed by atoms with Crippen molar-refractivity contribution in [1.82, 2.24) is 10.1 Å². The zero-order valence-corrected chi connectivity index (χ0v) is 11.7. The molecule has 1 unspecified atom stereocenters. The van der Waals surface area contributed by atoms with E-state index in [2.05, 4.69) is 5.16 Å². The van der Waals surface area contributed by atoms with Gasteiger partial charge in [-0.1, -0.05) is 11.2 Å². The Kier molecular flexibility index (Phi) is 4.34. The molecule has 102 valence electrons. The van der Waals surface area contributed by atoms with E-state index in [1.165, 1.54) is 16.2 Å². The van der Waals surface area contributed by atoms with E-state index in [0.29, 0.717) is 18.7 Å². The zero-order valence-electron chi connectivity index (χ0n) is 10.9. The van der Waals surface area contributed by atoms with Gasteiger partial charge in [-0.2, -0.15) is 0 Å². The molecule has 1 atom stereocenters. The Balaban J connectivity index is 2.04. The number of thiophene rings is 1. The summed E-state index contributed by atoms with van der Waals surface area (Å²) in [6.07, 6.45) is 0.118. The van der Waals surface area contributed by atoms with Crippen molar-refractivity contribution in [2.75, 3.05) is 13.6 Å². The highest BCUT2D eigenvalue weighted by molar-refractivity contribution is 7.13. The fraction of sp³-hybridized carbons (Fsp3) is 0.385. The second kappa shape index (κ2) is 5.99. The summed E-state index contributed by atoms with van der Waals surface area (Å²) in [7, 11) is 1.68. The maximum atomic E-state index is 12.1. The molecular weight excluding hydrogens is 264 g/mol. The largest absolute Gasteiger partial charge is 0.393 e. The van der Waals surface area contributed by atoms with Crippen LogP contribution in [0.1, 0.15) is 23.8 Å². The van der Waals surface area contributed by atoms with Gasteiger partial charge >= 0.3 is 0 Å². The molecule has 6 heteroatoms. The van der Waals surface area contributed by atoms with Gasteiger partial charge in [-0.3, -0.25) is 4.79 Å². The smallest absolute Gasteiger partial charge is 0.275 e. The minimum Gasteiger partial charge on any atom is -0.393 e. The Hall–Kier alpha value is -1.66. The molecule has 0 fully saturated rings. The fourth-order valence-electron chi connectivity index (χ4n) is 1.59. The lowest BCUT2D eigenvalue weighted by Gasteiger charge is -2.16. The number of amides is 1. The number of nitrogens with zero attached hydrogens (tertiary/aromatic N) is 2. The summed E-state index contributed by atoms with van der Waals surface area (Å²) < 4.78 is 5.17. The maximum absolute atomic E-state index is 12.1. The van der Waals surface area contributed by atoms with Crippen LogP contribution in [0.5, 0.6) is 0 Å². The topological polar surface area (TPSA) is 66.6 Å². The van der Waals surface area contributed by atoms with Gasteiger partial charge in [0.2, 0.25) is 0 Å². The van der Waals surface area contributed by atoms with Crippen LogP contribution in [0, 0.1) is 0 Å². The summed E-state index contributed by atoms with van der Waals surface area (Å²) in [5, 5.41) is 14.9. The third-order valence-electron chi connectivity index (χ3n) is 2.72. The summed E-state index contributed by atoms with van der Waals surface area (Å²) in [6, 6.07) is 5.47. The Labute approximate surface area is 115 Å². The van der Waals surface area contributed by atoms with Crippen LogP contribution in [0.15, 0.2) is 28.1 Å². The quantitative estimate of drug-likeness (QED) is 0.912. The van der Waals surface area contributed by atoms with E-state index in [9.17, 15) is 9.90 Å². The van der Waals surface area contributed by atoms with Gasteiger partial charge in [-0.05, 0) is 24.8 Å². The van der Waals surface area contributed by atoms with Crippen LogP contribution in [0.3, 0.4) is 0 Å². The van der Waals surface area contributed by atoms with E-state index in [4.69, 9.17) is 4.52 Å². The van der Waals surface area contributed by atoms with Gasteiger partial charge < -0.3 is 14.5 Å². The molecule has 0 aliphatic rings. The van der Waals surface area contributed by atoms with Crippen LogP contribution in [-0.4, -0.2) is 40.8 Å². The summed E-state index contributed by atoms with van der Waals surface area (Å²) in [6.45, 7) is 2.18. The summed E-state index contributed by atoms with van der Waals surface area (Å²) in [4.78, 5) is 14.5. The molecule has 1 N–H and O–H groups in total. The molecule has 0 bridgehead atoms. The van der Waals surface area contributed by atoms with Crippen LogP contribution in [0.2, 0.25) is 0 Å². The minimum absolute atomic E-state index is 0.202. The summed E-state index contributed by atoms with van der Waals surface area (Å²) >= 11 is 1.53. The predicted octanol–water partition coefficient (Wildman–Crippen LogP) is 2.25. The van der Waals surface area contributed by atoms with Crippen LogP contribution in [0.25, 0.3) is 10.6 Å². The second-order valence-electron chi connectivity index (χ2n) is 4.42. The molecular formula is C13H16N2O3S. The van der Waals surface area contributed by atoms with E-state index < -0.39 is 6.10 Å². The highest BCUT2D eigenvalue weighted by Gasteiger charge is 2.18. The van der Waals surface area contributed by atoms with E-state index in [-0.39, 0.29) is 11.6 Å². The third-order valence-corrected chi connectivity index (χ3v) is 3.61. The van der Waals surface area contributed by atoms with Crippen LogP contribution >= 0.6 is 11.3 Å². The normalized spacial score (nSPS) is 12.4. The fourth-order valence-corrected chi connectivity index (χ4v) is 2.26. The third kappa shape index (κ3) is 3.42. The molecule has 2 heterocycles. The maximum Gasteiger partial charge on any atom is 0.275 e. The molecule has 19 heavy (non-hydrogen) atoms. The Morgan fingerprint density at radius 1 is 1.63 bits per heavy atom. The van der Waals surface area contributed by atoms with Crippen LogP contribution < -0.4 is 0 Å². The molecule has 0 radical (unpaired) electrons. The number of hydrogen-bond acceptors (Lipinski definition) is 5. The Bertz CT molecular complexity index is 534. The minimum atomic E-state index is -0.422. The predicted molar refractivity (Wildman–Crippen MR) is 73.1 cm³/mol. The lowest BCUT2D eigenvalue weighted by molar-refractivity contribution is 0.0759. The molecule has 0 saturated carbocycles. The molecule has 5 nitrogen and oxygen atoms in total. The Morgan fingerprint density at radius 3 is 3.05 bits per heavy atom. The average Bonchev–Trinajstić information content (AvgIpc) is 3.04. The molecule has 0 aliphatic heterocycles. The molecule has 1 amide bonds. The molecule has 0 spiro atoms. The standard InChI is InChI=1S/C13H16N2O3S/c1-9(16)5-6-15(2)13(17)10-8-11(18-14-10)12-4-3-7-19-12/h3-4,7-9,16H,5-6H2,1-2H3. The monoisotopic (exact) mass is 280 g/mol. The number of aromatic nitrogens is 1. The number of carbonyl (C=O) groups is 1. The van der Waals surface area contributed by atoms with Gasteiger partial charge in [-0.25, -0.2) is 0 Å². The molecule has 2 aromatic rings. The first kappa shape index (κ1) is 13.8. The number of aliphatic hydroxyl groups is 1. The number of rotatable bonds is 5. The molecule has 2 rings (SSSR count). The molecule has 2 aromatic heterocycles. The molecule has 0 saturated heterocycles. The van der Waals surface area contributed by atoms with Gasteiger partial charge in [0.1, 0.15) is 0 Å². The zero-order chi connectivity index (χ0) is 13.8. The van der Waals surface area contributed by atoms with E-state index in [0.717, 1.165) is 4.88 Å². The van der Waals surface area contributed by atoms with Gasteiger partial charge in [-0.15, -0.1) is 11.3 Å². The lowest BCUT2D eigenvalue weighted by Crippen LogP contribution is -2.29. The molecule has 0 aromatic carbocycles. The SMILES string of the molecule is CC(O)CCN(C)C(=O)c1cc(-c2cccs2)on1. The lowest BCUT2D eigenvalue weighted by atomic mass is 10.2. The first-order valence-electron chi connectivity index (χ1n) is 6.02. The van der Waals surface area contributed by atoms with Gasteiger partial charge in [0, 0.05) is 19.7 Å². The van der Waals surface area contributed by atoms with Crippen LogP contribution in [-0.2, 0) is 0 Å². The van der Waals surface area contributed by atoms with Crippen molar-refractivity contribution < 1.29 is 14.4 Å². The van der Waals surface area contributed by atoms with Gasteiger partial charge in [0.25, 0.3) is 5.91 Å². The number of carbonyl (C=O) groups excluding carboxylic acids is 1. The first-order valence-corrected chi connectivity index (χ1v) is 6.90. The van der Waals surface area contributed by atoms with E-state index >= 15 is 0 Å². The first-order chi connectivity index (χ1) is 9.08. The van der Waals surface area contributed by atoms with E-state index in [1.807, 2.05) is 17.5 Å². The van der Waals surface area contributed by atoms with Crippen molar-refractivity contribution >= 4 is 17.2 Å². The van der Waals surface area contributed by atoms with Crippen molar-refractivity contribution in [3.05, 3.63) is 29.3 Å². The second-order valence-corrected chi connectivity index (χ2v) is 5.37. The van der Waals surface area contributed by atoms with Gasteiger partial charge in [0.15, 0.2) is 11.5 Å². The molecule has 0 aliphatic carbocycles. The highest BCUT2D eigenvalue weighted by atomic mass is 32.1. The van der Waals surface area contributed by atoms with Gasteiger partial charge in [0.05, 0.1) is 11.0 Å². The van der Waals surface area contributed by atoms with Crippen molar-refractivity contribution in [3.63, 3.8) is 0 Å². The summed E-state index contributed by atoms with van der Waals surface area (Å²) in [5.41, 5.74) is 0.288. The Morgan fingerprint density at radius 2 is 2.42 bits per heavy atom. The van der Waals surface area contributed by atoms with Crippen molar-refractivity contribution in [1.29, 1.82) is 0 Å². The van der Waals surface area contributed by atoms with Crippen molar-refractivity contribution in [2.24, 2.45) is 0 Å².